The number of likely N-dealkylation sites (N-methyl/N-ethyl adjacent to an activating group) is 1. The molecule has 0 amide bonds. The van der Waals surface area contributed by atoms with E-state index in [-0.39, 0.29) is 11.6 Å². The van der Waals surface area contributed by atoms with Gasteiger partial charge in [-0.3, -0.25) is 4.90 Å². The molecule has 1 unspecified atom stereocenters. The van der Waals surface area contributed by atoms with Crippen LogP contribution in [0.3, 0.4) is 0 Å². The van der Waals surface area contributed by atoms with Gasteiger partial charge >= 0.3 is 0 Å². The van der Waals surface area contributed by atoms with E-state index in [2.05, 4.69) is 36.2 Å². The molecule has 0 aromatic heterocycles. The van der Waals surface area contributed by atoms with Crippen LogP contribution in [0.5, 0.6) is 5.75 Å². The third-order valence-corrected chi connectivity index (χ3v) is 3.81. The average Bonchev–Trinajstić information content (AvgIpc) is 2.44. The number of nitrogens with one attached hydrogen (secondary N) is 1. The first-order valence-electron chi connectivity index (χ1n) is 7.22. The Morgan fingerprint density at radius 3 is 2.80 bits per heavy atom. The van der Waals surface area contributed by atoms with Crippen molar-refractivity contribution < 1.29 is 9.47 Å². The molecular formula is C16H26N2O2. The molecule has 0 saturated carbocycles. The van der Waals surface area contributed by atoms with Crippen molar-refractivity contribution in [3.05, 3.63) is 29.8 Å². The molecule has 1 aliphatic rings. The number of rotatable bonds is 5. The Kier molecular flexibility index (Phi) is 5.02. The molecule has 20 heavy (non-hydrogen) atoms. The second-order valence-electron chi connectivity index (χ2n) is 5.93. The summed E-state index contributed by atoms with van der Waals surface area (Å²) in [7, 11) is 3.73. The summed E-state index contributed by atoms with van der Waals surface area (Å²) in [6.07, 6.45) is 0. The van der Waals surface area contributed by atoms with Crippen LogP contribution >= 0.6 is 0 Å². The lowest BCUT2D eigenvalue weighted by Crippen LogP contribution is -2.50. The van der Waals surface area contributed by atoms with Gasteiger partial charge in [-0.2, -0.15) is 0 Å². The summed E-state index contributed by atoms with van der Waals surface area (Å²) in [6.45, 7) is 8.00. The molecule has 112 valence electrons. The van der Waals surface area contributed by atoms with Gasteiger partial charge in [-0.15, -0.1) is 0 Å². The topological polar surface area (TPSA) is 33.7 Å². The summed E-state index contributed by atoms with van der Waals surface area (Å²) in [5, 5.41) is 3.41. The van der Waals surface area contributed by atoms with Crippen LogP contribution < -0.4 is 10.1 Å². The maximum Gasteiger partial charge on any atom is 0.123 e. The van der Waals surface area contributed by atoms with Crippen LogP contribution in [0.2, 0.25) is 0 Å². The van der Waals surface area contributed by atoms with Gasteiger partial charge in [0.25, 0.3) is 0 Å². The maximum absolute atomic E-state index is 5.77. The first-order valence-corrected chi connectivity index (χ1v) is 7.22. The fourth-order valence-corrected chi connectivity index (χ4v) is 2.83. The summed E-state index contributed by atoms with van der Waals surface area (Å²) in [4.78, 5) is 2.46. The molecule has 1 heterocycles. The zero-order chi connectivity index (χ0) is 14.6. The Bertz CT molecular complexity index is 434. The van der Waals surface area contributed by atoms with Crippen molar-refractivity contribution in [1.29, 1.82) is 0 Å². The summed E-state index contributed by atoms with van der Waals surface area (Å²) >= 11 is 0. The van der Waals surface area contributed by atoms with E-state index in [4.69, 9.17) is 9.47 Å². The van der Waals surface area contributed by atoms with E-state index in [9.17, 15) is 0 Å². The zero-order valence-corrected chi connectivity index (χ0v) is 13.0. The first-order chi connectivity index (χ1) is 9.55. The van der Waals surface area contributed by atoms with Crippen LogP contribution in [0.1, 0.15) is 25.5 Å². The van der Waals surface area contributed by atoms with E-state index in [1.54, 1.807) is 7.11 Å². The van der Waals surface area contributed by atoms with E-state index in [1.165, 1.54) is 5.56 Å². The largest absolute Gasteiger partial charge is 0.496 e. The van der Waals surface area contributed by atoms with Gasteiger partial charge in [0.15, 0.2) is 0 Å². The maximum atomic E-state index is 5.77. The lowest BCUT2D eigenvalue weighted by atomic mass is 10.0. The van der Waals surface area contributed by atoms with Gasteiger partial charge in [0, 0.05) is 31.2 Å². The molecule has 1 aliphatic heterocycles. The number of nitrogens with zero attached hydrogens (tertiary/aromatic N) is 1. The fourth-order valence-electron chi connectivity index (χ4n) is 2.83. The van der Waals surface area contributed by atoms with Crippen molar-refractivity contribution in [2.45, 2.75) is 25.5 Å². The van der Waals surface area contributed by atoms with Gasteiger partial charge in [0.2, 0.25) is 0 Å². The van der Waals surface area contributed by atoms with Gasteiger partial charge in [0.05, 0.1) is 19.3 Å². The molecule has 1 saturated heterocycles. The summed E-state index contributed by atoms with van der Waals surface area (Å²) in [6, 6.07) is 8.48. The Morgan fingerprint density at radius 2 is 2.15 bits per heavy atom. The molecule has 0 bridgehead atoms. The minimum absolute atomic E-state index is 0.0582. The highest BCUT2D eigenvalue weighted by Gasteiger charge is 2.29. The molecular weight excluding hydrogens is 252 g/mol. The second-order valence-corrected chi connectivity index (χ2v) is 5.93. The van der Waals surface area contributed by atoms with Crippen LogP contribution in [0.25, 0.3) is 0 Å². The molecule has 1 atom stereocenters. The number of para-hydroxylation sites is 1. The number of hydrogen-bond acceptors (Lipinski definition) is 4. The Balaban J connectivity index is 2.09. The van der Waals surface area contributed by atoms with Crippen LogP contribution in [-0.2, 0) is 4.74 Å². The normalized spacial score (nSPS) is 20.6. The summed E-state index contributed by atoms with van der Waals surface area (Å²) in [5.41, 5.74) is 1.15. The lowest BCUT2D eigenvalue weighted by molar-refractivity contribution is -0.0875. The van der Waals surface area contributed by atoms with Crippen LogP contribution in [0.15, 0.2) is 24.3 Å². The molecule has 4 nitrogen and oxygen atoms in total. The highest BCUT2D eigenvalue weighted by molar-refractivity contribution is 5.36. The van der Waals surface area contributed by atoms with Crippen molar-refractivity contribution in [3.8, 4) is 5.75 Å². The number of benzene rings is 1. The minimum Gasteiger partial charge on any atom is -0.496 e. The van der Waals surface area contributed by atoms with Crippen molar-refractivity contribution in [2.24, 2.45) is 0 Å². The molecule has 4 heteroatoms. The molecule has 0 radical (unpaired) electrons. The lowest BCUT2D eigenvalue weighted by Gasteiger charge is -2.39. The molecule has 0 aliphatic carbocycles. The Labute approximate surface area is 122 Å². The van der Waals surface area contributed by atoms with E-state index in [0.717, 1.165) is 32.0 Å². The average molecular weight is 278 g/mol. The number of hydrogen-bond donors (Lipinski definition) is 1. The fraction of sp³-hybridized carbons (Fsp3) is 0.625. The highest BCUT2D eigenvalue weighted by atomic mass is 16.5. The monoisotopic (exact) mass is 278 g/mol. The van der Waals surface area contributed by atoms with Crippen molar-refractivity contribution in [2.75, 3.05) is 40.4 Å². The van der Waals surface area contributed by atoms with Gasteiger partial charge in [-0.05, 0) is 27.0 Å². The molecule has 1 aromatic carbocycles. The van der Waals surface area contributed by atoms with E-state index < -0.39 is 0 Å². The number of methoxy groups -OCH3 is 1. The van der Waals surface area contributed by atoms with Crippen molar-refractivity contribution >= 4 is 0 Å². The Morgan fingerprint density at radius 1 is 1.40 bits per heavy atom. The van der Waals surface area contributed by atoms with Crippen LogP contribution in [0, 0.1) is 0 Å². The predicted molar refractivity (Wildman–Crippen MR) is 81.3 cm³/mol. The molecule has 1 N–H and O–H groups in total. The molecule has 2 rings (SSSR count). The van der Waals surface area contributed by atoms with Crippen LogP contribution in [-0.4, -0.2) is 50.9 Å². The minimum atomic E-state index is -0.0582. The van der Waals surface area contributed by atoms with Gasteiger partial charge in [0.1, 0.15) is 5.75 Å². The zero-order valence-electron chi connectivity index (χ0n) is 13.0. The third-order valence-electron chi connectivity index (χ3n) is 3.81. The van der Waals surface area contributed by atoms with Gasteiger partial charge < -0.3 is 14.8 Å². The van der Waals surface area contributed by atoms with E-state index >= 15 is 0 Å². The highest BCUT2D eigenvalue weighted by Crippen LogP contribution is 2.26. The van der Waals surface area contributed by atoms with Gasteiger partial charge in [-0.1, -0.05) is 18.2 Å². The summed E-state index contributed by atoms with van der Waals surface area (Å²) < 4.78 is 11.2. The van der Waals surface area contributed by atoms with Crippen molar-refractivity contribution in [3.63, 3.8) is 0 Å². The third kappa shape index (κ3) is 3.72. The molecule has 0 spiro atoms. The quantitative estimate of drug-likeness (QED) is 0.894. The summed E-state index contributed by atoms with van der Waals surface area (Å²) in [5.74, 6) is 0.944. The van der Waals surface area contributed by atoms with E-state index in [1.807, 2.05) is 19.2 Å². The smallest absolute Gasteiger partial charge is 0.123 e. The second kappa shape index (κ2) is 6.57. The van der Waals surface area contributed by atoms with Crippen molar-refractivity contribution in [1.82, 2.24) is 10.2 Å². The molecule has 1 fully saturated rings. The SMILES string of the molecule is CNC(CN1CCOC(C)(C)C1)c1ccccc1OC. The van der Waals surface area contributed by atoms with Gasteiger partial charge in [-0.25, -0.2) is 0 Å². The van der Waals surface area contributed by atoms with Crippen LogP contribution in [0.4, 0.5) is 0 Å². The van der Waals surface area contributed by atoms with E-state index in [0.29, 0.717) is 0 Å². The molecule has 1 aromatic rings. The standard InChI is InChI=1S/C16H26N2O2/c1-16(2)12-18(9-10-20-16)11-14(17-3)13-7-5-6-8-15(13)19-4/h5-8,14,17H,9-12H2,1-4H3. The predicted octanol–water partition coefficient (Wildman–Crippen LogP) is 2.07. The Hall–Kier alpha value is -1.10. The number of ether oxygens (including phenoxy) is 2. The number of morpholine rings is 1. The first kappa shape index (κ1) is 15.3.